The van der Waals surface area contributed by atoms with Gasteiger partial charge in [-0.1, -0.05) is 0 Å². The van der Waals surface area contributed by atoms with E-state index in [1.807, 2.05) is 0 Å². The monoisotopic (exact) mass is 313 g/mol. The first-order valence-corrected chi connectivity index (χ1v) is 6.89. The Morgan fingerprint density at radius 3 is 2.39 bits per heavy atom. The molecule has 0 fully saturated rings. The molecule has 0 N–H and O–H groups in total. The zero-order chi connectivity index (χ0) is 16.6. The molecule has 0 spiro atoms. The second-order valence-electron chi connectivity index (χ2n) is 5.12. The minimum Gasteiger partial charge on any atom is -0.408 e. The average molecular weight is 313 g/mol. The van der Waals surface area contributed by atoms with Gasteiger partial charge in [0.25, 0.3) is 0 Å². The molecule has 0 aliphatic carbocycles. The number of rotatable bonds is 4. The maximum atomic E-state index is 12.9. The molecule has 0 saturated heterocycles. The Hall–Kier alpha value is -3.02. The maximum Gasteiger partial charge on any atom is 0.420 e. The van der Waals surface area contributed by atoms with Crippen LogP contribution in [0, 0.1) is 5.82 Å². The van der Waals surface area contributed by atoms with E-state index in [0.29, 0.717) is 16.6 Å². The van der Waals surface area contributed by atoms with E-state index in [1.165, 1.54) is 41.8 Å². The molecule has 3 rings (SSSR count). The standard InChI is InChI=1S/C17H12FNO4/c1-10(20)12-4-7-14-16(8-12)23-17(22)19(14)9-15(21)11-2-5-13(18)6-3-11/h2-8H,9H2,1H3. The Labute approximate surface area is 130 Å². The summed E-state index contributed by atoms with van der Waals surface area (Å²) in [6, 6.07) is 9.69. The molecule has 0 saturated carbocycles. The molecular weight excluding hydrogens is 301 g/mol. The van der Waals surface area contributed by atoms with Crippen LogP contribution in [-0.2, 0) is 6.54 Å². The topological polar surface area (TPSA) is 69.3 Å². The Morgan fingerprint density at radius 1 is 1.09 bits per heavy atom. The summed E-state index contributed by atoms with van der Waals surface area (Å²) in [5, 5.41) is 0. The van der Waals surface area contributed by atoms with Crippen molar-refractivity contribution in [2.24, 2.45) is 0 Å². The van der Waals surface area contributed by atoms with E-state index >= 15 is 0 Å². The van der Waals surface area contributed by atoms with Gasteiger partial charge in [0.15, 0.2) is 17.1 Å². The highest BCUT2D eigenvalue weighted by Crippen LogP contribution is 2.16. The fraction of sp³-hybridized carbons (Fsp3) is 0.118. The summed E-state index contributed by atoms with van der Waals surface area (Å²) in [5.74, 6) is -1.62. The number of nitrogens with zero attached hydrogens (tertiary/aromatic N) is 1. The molecule has 1 aromatic heterocycles. The van der Waals surface area contributed by atoms with E-state index in [2.05, 4.69) is 0 Å². The fourth-order valence-corrected chi connectivity index (χ4v) is 2.31. The summed E-state index contributed by atoms with van der Waals surface area (Å²) in [6.45, 7) is 1.19. The van der Waals surface area contributed by atoms with Crippen LogP contribution in [-0.4, -0.2) is 16.1 Å². The third-order valence-corrected chi connectivity index (χ3v) is 3.54. The van der Waals surface area contributed by atoms with Crippen molar-refractivity contribution in [2.45, 2.75) is 13.5 Å². The third-order valence-electron chi connectivity index (χ3n) is 3.54. The number of oxazole rings is 1. The summed E-state index contributed by atoms with van der Waals surface area (Å²) in [5.41, 5.74) is 1.39. The van der Waals surface area contributed by atoms with E-state index in [4.69, 9.17) is 4.42 Å². The summed E-state index contributed by atoms with van der Waals surface area (Å²) >= 11 is 0. The van der Waals surface area contributed by atoms with Crippen LogP contribution in [0.2, 0.25) is 0 Å². The highest BCUT2D eigenvalue weighted by molar-refractivity contribution is 5.98. The van der Waals surface area contributed by atoms with E-state index in [1.54, 1.807) is 12.1 Å². The molecule has 0 radical (unpaired) electrons. The van der Waals surface area contributed by atoms with Gasteiger partial charge in [-0.05, 0) is 49.4 Å². The van der Waals surface area contributed by atoms with Gasteiger partial charge in [-0.25, -0.2) is 9.18 Å². The van der Waals surface area contributed by atoms with Crippen molar-refractivity contribution < 1.29 is 18.4 Å². The second-order valence-corrected chi connectivity index (χ2v) is 5.12. The molecule has 0 bridgehead atoms. The van der Waals surface area contributed by atoms with Gasteiger partial charge in [0.1, 0.15) is 5.82 Å². The molecule has 116 valence electrons. The first-order chi connectivity index (χ1) is 11.0. The predicted molar refractivity (Wildman–Crippen MR) is 81.2 cm³/mol. The number of hydrogen-bond donors (Lipinski definition) is 0. The van der Waals surface area contributed by atoms with Crippen LogP contribution in [0.4, 0.5) is 4.39 Å². The van der Waals surface area contributed by atoms with Gasteiger partial charge in [0.2, 0.25) is 0 Å². The van der Waals surface area contributed by atoms with Crippen molar-refractivity contribution in [3.8, 4) is 0 Å². The van der Waals surface area contributed by atoms with Crippen LogP contribution in [0.1, 0.15) is 27.6 Å². The van der Waals surface area contributed by atoms with Crippen LogP contribution in [0.25, 0.3) is 11.1 Å². The molecular formula is C17H12FNO4. The van der Waals surface area contributed by atoms with Gasteiger partial charge >= 0.3 is 5.76 Å². The van der Waals surface area contributed by atoms with Gasteiger partial charge < -0.3 is 4.42 Å². The Bertz CT molecular complexity index is 966. The molecule has 0 atom stereocenters. The average Bonchev–Trinajstić information content (AvgIpc) is 2.83. The van der Waals surface area contributed by atoms with Gasteiger partial charge in [-0.3, -0.25) is 14.2 Å². The normalized spacial score (nSPS) is 10.9. The number of aromatic nitrogens is 1. The van der Waals surface area contributed by atoms with Crippen LogP contribution in [0.15, 0.2) is 51.7 Å². The lowest BCUT2D eigenvalue weighted by Crippen LogP contribution is -2.20. The largest absolute Gasteiger partial charge is 0.420 e. The minimum atomic E-state index is -0.684. The van der Waals surface area contributed by atoms with Crippen molar-refractivity contribution >= 4 is 22.7 Å². The van der Waals surface area contributed by atoms with Gasteiger partial charge in [-0.2, -0.15) is 0 Å². The molecule has 0 aliphatic heterocycles. The van der Waals surface area contributed by atoms with E-state index in [0.717, 1.165) is 0 Å². The van der Waals surface area contributed by atoms with E-state index in [-0.39, 0.29) is 23.7 Å². The smallest absolute Gasteiger partial charge is 0.408 e. The Balaban J connectivity index is 1.98. The third kappa shape index (κ3) is 2.83. The molecule has 0 amide bonds. The Kier molecular flexibility index (Phi) is 3.65. The number of benzene rings is 2. The predicted octanol–water partition coefficient (Wildman–Crippen LogP) is 2.82. The van der Waals surface area contributed by atoms with Gasteiger partial charge in [-0.15, -0.1) is 0 Å². The molecule has 6 heteroatoms. The lowest BCUT2D eigenvalue weighted by Gasteiger charge is -2.03. The lowest BCUT2D eigenvalue weighted by atomic mass is 10.1. The molecule has 23 heavy (non-hydrogen) atoms. The molecule has 3 aromatic rings. The highest BCUT2D eigenvalue weighted by atomic mass is 19.1. The second kappa shape index (κ2) is 5.64. The SMILES string of the molecule is CC(=O)c1ccc2c(c1)oc(=O)n2CC(=O)c1ccc(F)cc1. The molecule has 5 nitrogen and oxygen atoms in total. The van der Waals surface area contributed by atoms with Crippen LogP contribution in [0.3, 0.4) is 0 Å². The number of carbonyl (C=O) groups excluding carboxylic acids is 2. The van der Waals surface area contributed by atoms with Gasteiger partial charge in [0, 0.05) is 11.1 Å². The quantitative estimate of drug-likeness (QED) is 0.695. The van der Waals surface area contributed by atoms with Crippen molar-refractivity contribution in [1.82, 2.24) is 4.57 Å². The number of halogens is 1. The number of carbonyl (C=O) groups is 2. The maximum absolute atomic E-state index is 12.9. The van der Waals surface area contributed by atoms with E-state index < -0.39 is 11.6 Å². The molecule has 0 unspecified atom stereocenters. The number of ketones is 2. The zero-order valence-electron chi connectivity index (χ0n) is 12.2. The van der Waals surface area contributed by atoms with Gasteiger partial charge in [0.05, 0.1) is 12.1 Å². The van der Waals surface area contributed by atoms with Crippen molar-refractivity contribution in [2.75, 3.05) is 0 Å². The lowest BCUT2D eigenvalue weighted by molar-refractivity contribution is 0.0969. The summed E-state index contributed by atoms with van der Waals surface area (Å²) in [7, 11) is 0. The summed E-state index contributed by atoms with van der Waals surface area (Å²) in [6.07, 6.45) is 0. The first-order valence-electron chi connectivity index (χ1n) is 6.89. The fourth-order valence-electron chi connectivity index (χ4n) is 2.31. The van der Waals surface area contributed by atoms with Crippen LogP contribution >= 0.6 is 0 Å². The molecule has 1 heterocycles. The minimum absolute atomic E-state index is 0.148. The summed E-state index contributed by atoms with van der Waals surface area (Å²) in [4.78, 5) is 35.5. The zero-order valence-corrected chi connectivity index (χ0v) is 12.2. The van der Waals surface area contributed by atoms with Crippen molar-refractivity contribution in [3.05, 3.63) is 70.0 Å². The van der Waals surface area contributed by atoms with Crippen LogP contribution < -0.4 is 5.76 Å². The number of fused-ring (bicyclic) bond motifs is 1. The van der Waals surface area contributed by atoms with E-state index in [9.17, 15) is 18.8 Å². The first kappa shape index (κ1) is 14.9. The van der Waals surface area contributed by atoms with Crippen LogP contribution in [0.5, 0.6) is 0 Å². The molecule has 2 aromatic carbocycles. The number of hydrogen-bond acceptors (Lipinski definition) is 4. The van der Waals surface area contributed by atoms with Crippen molar-refractivity contribution in [3.63, 3.8) is 0 Å². The molecule has 0 aliphatic rings. The highest BCUT2D eigenvalue weighted by Gasteiger charge is 2.15. The Morgan fingerprint density at radius 2 is 1.74 bits per heavy atom. The summed E-state index contributed by atoms with van der Waals surface area (Å²) < 4.78 is 19.2. The number of Topliss-reactive ketones (excluding diaryl/α,β-unsaturated/α-hetero) is 2. The van der Waals surface area contributed by atoms with Crippen molar-refractivity contribution in [1.29, 1.82) is 0 Å².